The smallest absolute Gasteiger partial charge is 0.0463 e. The Labute approximate surface area is 102 Å². The van der Waals surface area contributed by atoms with Crippen molar-refractivity contribution in [1.29, 1.82) is 0 Å². The number of aromatic nitrogens is 1. The van der Waals surface area contributed by atoms with Gasteiger partial charge in [-0.05, 0) is 38.3 Å². The van der Waals surface area contributed by atoms with Crippen molar-refractivity contribution < 1.29 is 0 Å². The first-order valence-corrected chi connectivity index (χ1v) is 6.07. The molecule has 0 spiro atoms. The van der Waals surface area contributed by atoms with Crippen molar-refractivity contribution in [3.63, 3.8) is 0 Å². The van der Waals surface area contributed by atoms with Crippen LogP contribution in [0.5, 0.6) is 0 Å². The lowest BCUT2D eigenvalue weighted by Crippen LogP contribution is -2.05. The number of aliphatic imine (C=N–C) groups is 1. The van der Waals surface area contributed by atoms with Crippen molar-refractivity contribution in [1.82, 2.24) is 4.98 Å². The van der Waals surface area contributed by atoms with E-state index in [2.05, 4.69) is 11.9 Å². The Morgan fingerprint density at radius 2 is 2.24 bits per heavy atom. The van der Waals surface area contributed by atoms with Crippen LogP contribution in [-0.2, 0) is 0 Å². The molecule has 0 bridgehead atoms. The summed E-state index contributed by atoms with van der Waals surface area (Å²) in [5.74, 6) is 0.630. The molecule has 0 aromatic carbocycles. The van der Waals surface area contributed by atoms with Gasteiger partial charge in [0.1, 0.15) is 0 Å². The van der Waals surface area contributed by atoms with Crippen LogP contribution in [0.4, 0.5) is 0 Å². The summed E-state index contributed by atoms with van der Waals surface area (Å²) in [5, 5.41) is 0. The predicted octanol–water partition coefficient (Wildman–Crippen LogP) is 2.53. The van der Waals surface area contributed by atoms with E-state index in [1.54, 1.807) is 6.20 Å². The zero-order chi connectivity index (χ0) is 12.3. The van der Waals surface area contributed by atoms with Gasteiger partial charge in [0.05, 0.1) is 0 Å². The minimum absolute atomic E-state index is 0.593. The highest BCUT2D eigenvalue weighted by Gasteiger charge is 2.27. The molecule has 0 unspecified atom stereocenters. The molecule has 2 rings (SSSR count). The second-order valence-corrected chi connectivity index (χ2v) is 4.58. The fraction of sp³-hybridized carbons (Fsp3) is 0.429. The maximum Gasteiger partial charge on any atom is 0.0463 e. The molecule has 0 atom stereocenters. The summed E-state index contributed by atoms with van der Waals surface area (Å²) in [7, 11) is 0. The first kappa shape index (κ1) is 12.0. The van der Waals surface area contributed by atoms with Crippen molar-refractivity contribution in [2.24, 2.45) is 16.6 Å². The monoisotopic (exact) mass is 229 g/mol. The van der Waals surface area contributed by atoms with E-state index in [1.165, 1.54) is 24.1 Å². The van der Waals surface area contributed by atoms with E-state index in [9.17, 15) is 0 Å². The van der Waals surface area contributed by atoms with Gasteiger partial charge in [-0.2, -0.15) is 0 Å². The summed E-state index contributed by atoms with van der Waals surface area (Å²) in [5.41, 5.74) is 10.2. The van der Waals surface area contributed by atoms with E-state index in [-0.39, 0.29) is 0 Å². The van der Waals surface area contributed by atoms with E-state index in [4.69, 9.17) is 10.7 Å². The number of hydrogen-bond donors (Lipinski definition) is 1. The number of nitrogens with two attached hydrogens (primary N) is 1. The number of pyridine rings is 1. The molecule has 17 heavy (non-hydrogen) atoms. The van der Waals surface area contributed by atoms with Crippen molar-refractivity contribution in [2.45, 2.75) is 26.7 Å². The molecule has 0 saturated heterocycles. The zero-order valence-electron chi connectivity index (χ0n) is 10.5. The number of nitrogens with zero attached hydrogens (tertiary/aromatic N) is 2. The quantitative estimate of drug-likeness (QED) is 0.807. The maximum absolute atomic E-state index is 5.71. The SMILES string of the molecule is CC(=N/C(=C(\C)CN)C1CC1)c1cccnc1. The molecule has 90 valence electrons. The van der Waals surface area contributed by atoms with Crippen LogP contribution >= 0.6 is 0 Å². The summed E-state index contributed by atoms with van der Waals surface area (Å²) in [6.45, 7) is 4.70. The molecule has 0 amide bonds. The highest BCUT2D eigenvalue weighted by Crippen LogP contribution is 2.38. The molecule has 1 aromatic heterocycles. The van der Waals surface area contributed by atoms with Crippen molar-refractivity contribution in [2.75, 3.05) is 6.54 Å². The summed E-state index contributed by atoms with van der Waals surface area (Å²) in [4.78, 5) is 8.87. The van der Waals surface area contributed by atoms with Crippen molar-refractivity contribution in [3.05, 3.63) is 41.4 Å². The summed E-state index contributed by atoms with van der Waals surface area (Å²) in [6.07, 6.45) is 6.12. The number of allylic oxidation sites excluding steroid dienone is 1. The largest absolute Gasteiger partial charge is 0.327 e. The Bertz CT molecular complexity index is 442. The van der Waals surface area contributed by atoms with E-state index in [1.807, 2.05) is 25.3 Å². The average molecular weight is 229 g/mol. The van der Waals surface area contributed by atoms with E-state index in [0.717, 1.165) is 11.3 Å². The average Bonchev–Trinajstić information content (AvgIpc) is 3.20. The van der Waals surface area contributed by atoms with E-state index < -0.39 is 0 Å². The van der Waals surface area contributed by atoms with Crippen LogP contribution in [0.2, 0.25) is 0 Å². The van der Waals surface area contributed by atoms with Crippen LogP contribution in [0.25, 0.3) is 0 Å². The molecule has 3 heteroatoms. The Balaban J connectivity index is 2.28. The van der Waals surface area contributed by atoms with Gasteiger partial charge in [0, 0.05) is 41.8 Å². The summed E-state index contributed by atoms with van der Waals surface area (Å²) >= 11 is 0. The molecule has 1 aliphatic carbocycles. The van der Waals surface area contributed by atoms with E-state index in [0.29, 0.717) is 12.5 Å². The van der Waals surface area contributed by atoms with Crippen LogP contribution in [0.1, 0.15) is 32.3 Å². The van der Waals surface area contributed by atoms with Crippen molar-refractivity contribution >= 4 is 5.71 Å². The maximum atomic E-state index is 5.71. The first-order valence-electron chi connectivity index (χ1n) is 6.07. The second kappa shape index (κ2) is 5.23. The lowest BCUT2D eigenvalue weighted by Gasteiger charge is -2.07. The fourth-order valence-electron chi connectivity index (χ4n) is 1.82. The van der Waals surface area contributed by atoms with Gasteiger partial charge in [0.15, 0.2) is 0 Å². The lowest BCUT2D eigenvalue weighted by molar-refractivity contribution is 0.923. The molecular weight excluding hydrogens is 210 g/mol. The third kappa shape index (κ3) is 3.01. The molecular formula is C14H19N3. The Hall–Kier alpha value is -1.48. The zero-order valence-corrected chi connectivity index (χ0v) is 10.5. The van der Waals surface area contributed by atoms with Gasteiger partial charge in [0.2, 0.25) is 0 Å². The highest BCUT2D eigenvalue weighted by atomic mass is 14.8. The summed E-state index contributed by atoms with van der Waals surface area (Å²) in [6, 6.07) is 3.97. The van der Waals surface area contributed by atoms with Crippen LogP contribution in [0.3, 0.4) is 0 Å². The minimum Gasteiger partial charge on any atom is -0.327 e. The van der Waals surface area contributed by atoms with Gasteiger partial charge in [-0.25, -0.2) is 0 Å². The number of rotatable bonds is 4. The Morgan fingerprint density at radius 3 is 2.76 bits per heavy atom. The molecule has 0 aliphatic heterocycles. The molecule has 1 fully saturated rings. The number of hydrogen-bond acceptors (Lipinski definition) is 3. The van der Waals surface area contributed by atoms with E-state index >= 15 is 0 Å². The normalized spacial score (nSPS) is 17.9. The lowest BCUT2D eigenvalue weighted by atomic mass is 10.1. The van der Waals surface area contributed by atoms with Crippen molar-refractivity contribution in [3.8, 4) is 0 Å². The molecule has 3 nitrogen and oxygen atoms in total. The van der Waals surface area contributed by atoms with Crippen LogP contribution in [-0.4, -0.2) is 17.2 Å². The van der Waals surface area contributed by atoms with Gasteiger partial charge in [-0.1, -0.05) is 6.07 Å². The molecule has 0 radical (unpaired) electrons. The Morgan fingerprint density at radius 1 is 1.47 bits per heavy atom. The summed E-state index contributed by atoms with van der Waals surface area (Å²) < 4.78 is 0. The molecule has 1 saturated carbocycles. The Kier molecular flexibility index (Phi) is 3.69. The van der Waals surface area contributed by atoms with Gasteiger partial charge < -0.3 is 5.73 Å². The van der Waals surface area contributed by atoms with Gasteiger partial charge in [-0.15, -0.1) is 0 Å². The third-order valence-electron chi connectivity index (χ3n) is 3.07. The highest BCUT2D eigenvalue weighted by molar-refractivity contribution is 5.99. The van der Waals surface area contributed by atoms with Crippen LogP contribution < -0.4 is 5.73 Å². The van der Waals surface area contributed by atoms with Crippen LogP contribution in [0.15, 0.2) is 40.8 Å². The molecule has 1 heterocycles. The predicted molar refractivity (Wildman–Crippen MR) is 70.9 cm³/mol. The molecule has 1 aromatic rings. The van der Waals surface area contributed by atoms with Gasteiger partial charge in [-0.3, -0.25) is 9.98 Å². The first-order chi connectivity index (χ1) is 8.22. The van der Waals surface area contributed by atoms with Crippen LogP contribution in [0, 0.1) is 5.92 Å². The van der Waals surface area contributed by atoms with Gasteiger partial charge >= 0.3 is 0 Å². The fourth-order valence-corrected chi connectivity index (χ4v) is 1.82. The third-order valence-corrected chi connectivity index (χ3v) is 3.07. The molecule has 2 N–H and O–H groups in total. The topological polar surface area (TPSA) is 51.3 Å². The molecule has 1 aliphatic rings. The second-order valence-electron chi connectivity index (χ2n) is 4.58. The standard InChI is InChI=1S/C14H19N3/c1-10(8-15)14(12-5-6-12)17-11(2)13-4-3-7-16-9-13/h3-4,7,9,12H,5-6,8,15H2,1-2H3/b14-10+,17-11?. The minimum atomic E-state index is 0.593. The van der Waals surface area contributed by atoms with Gasteiger partial charge in [0.25, 0.3) is 0 Å².